The van der Waals surface area contributed by atoms with Gasteiger partial charge in [0.25, 0.3) is 0 Å². The Hall–Kier alpha value is -0.560. The van der Waals surface area contributed by atoms with Crippen molar-refractivity contribution in [3.63, 3.8) is 0 Å². The van der Waals surface area contributed by atoms with E-state index >= 15 is 0 Å². The SMILES string of the molecule is CSCC(=O)N[C@]1(C)CCOC2(CCN(CC=C(C)C)CC2)[C@H]1O. The smallest absolute Gasteiger partial charge is 0.230 e. The Labute approximate surface area is 150 Å². The summed E-state index contributed by atoms with van der Waals surface area (Å²) in [6.07, 6.45) is 5.74. The normalized spacial score (nSPS) is 30.1. The average molecular weight is 357 g/mol. The molecule has 6 heteroatoms. The van der Waals surface area contributed by atoms with Crippen LogP contribution >= 0.6 is 11.8 Å². The second-order valence-electron chi connectivity index (χ2n) is 7.55. The van der Waals surface area contributed by atoms with Gasteiger partial charge in [-0.15, -0.1) is 0 Å². The molecule has 2 saturated heterocycles. The second-order valence-corrected chi connectivity index (χ2v) is 8.41. The van der Waals surface area contributed by atoms with Crippen molar-refractivity contribution in [2.75, 3.05) is 38.2 Å². The Morgan fingerprint density at radius 3 is 2.62 bits per heavy atom. The zero-order chi connectivity index (χ0) is 17.8. The summed E-state index contributed by atoms with van der Waals surface area (Å²) in [5, 5.41) is 14.1. The van der Waals surface area contributed by atoms with Gasteiger partial charge in [-0.3, -0.25) is 9.69 Å². The topological polar surface area (TPSA) is 61.8 Å². The summed E-state index contributed by atoms with van der Waals surface area (Å²) in [5.41, 5.74) is 0.196. The summed E-state index contributed by atoms with van der Waals surface area (Å²) in [7, 11) is 0. The molecule has 2 atom stereocenters. The lowest BCUT2D eigenvalue weighted by molar-refractivity contribution is -0.207. The van der Waals surface area contributed by atoms with E-state index in [1.807, 2.05) is 13.2 Å². The summed E-state index contributed by atoms with van der Waals surface area (Å²) < 4.78 is 6.08. The fraction of sp³-hybridized carbons (Fsp3) is 0.833. The van der Waals surface area contributed by atoms with Gasteiger partial charge in [0.1, 0.15) is 6.10 Å². The number of aliphatic hydroxyl groups is 1. The number of hydrogen-bond donors (Lipinski definition) is 2. The molecule has 2 N–H and O–H groups in total. The first-order valence-electron chi connectivity index (χ1n) is 8.79. The van der Waals surface area contributed by atoms with Gasteiger partial charge in [-0.05, 0) is 46.3 Å². The average Bonchev–Trinajstić information content (AvgIpc) is 2.52. The van der Waals surface area contributed by atoms with Gasteiger partial charge in [0.15, 0.2) is 0 Å². The molecule has 0 aromatic heterocycles. The van der Waals surface area contributed by atoms with Gasteiger partial charge in [-0.1, -0.05) is 11.6 Å². The van der Waals surface area contributed by atoms with E-state index in [4.69, 9.17) is 4.74 Å². The lowest BCUT2D eigenvalue weighted by Gasteiger charge is -2.53. The van der Waals surface area contributed by atoms with Gasteiger partial charge in [0, 0.05) is 26.2 Å². The van der Waals surface area contributed by atoms with Crippen LogP contribution in [0.15, 0.2) is 11.6 Å². The minimum Gasteiger partial charge on any atom is -0.388 e. The minimum atomic E-state index is -0.671. The van der Waals surface area contributed by atoms with Gasteiger partial charge < -0.3 is 15.2 Å². The molecule has 0 bridgehead atoms. The highest BCUT2D eigenvalue weighted by Crippen LogP contribution is 2.39. The molecule has 5 nitrogen and oxygen atoms in total. The van der Waals surface area contributed by atoms with E-state index < -0.39 is 17.2 Å². The molecular weight excluding hydrogens is 324 g/mol. The van der Waals surface area contributed by atoms with E-state index in [9.17, 15) is 9.90 Å². The molecule has 2 aliphatic rings. The highest BCUT2D eigenvalue weighted by atomic mass is 32.2. The highest BCUT2D eigenvalue weighted by molar-refractivity contribution is 7.99. The van der Waals surface area contributed by atoms with Crippen molar-refractivity contribution in [3.8, 4) is 0 Å². The number of carbonyl (C=O) groups is 1. The molecule has 0 aromatic carbocycles. The van der Waals surface area contributed by atoms with Crippen LogP contribution in [-0.2, 0) is 9.53 Å². The Balaban J connectivity index is 2.00. The fourth-order valence-corrected chi connectivity index (χ4v) is 4.06. The van der Waals surface area contributed by atoms with E-state index in [2.05, 4.69) is 30.1 Å². The van der Waals surface area contributed by atoms with E-state index in [1.54, 1.807) is 0 Å². The molecule has 2 aliphatic heterocycles. The number of aliphatic hydroxyl groups excluding tert-OH is 1. The van der Waals surface area contributed by atoms with Gasteiger partial charge in [-0.2, -0.15) is 11.8 Å². The lowest BCUT2D eigenvalue weighted by Crippen LogP contribution is -2.69. The molecule has 0 unspecified atom stereocenters. The van der Waals surface area contributed by atoms with E-state index in [-0.39, 0.29) is 5.91 Å². The van der Waals surface area contributed by atoms with Crippen LogP contribution in [0.3, 0.4) is 0 Å². The first kappa shape index (κ1) is 19.8. The first-order chi connectivity index (χ1) is 11.3. The van der Waals surface area contributed by atoms with Crippen LogP contribution in [0.4, 0.5) is 0 Å². The van der Waals surface area contributed by atoms with Crippen LogP contribution in [0.2, 0.25) is 0 Å². The van der Waals surface area contributed by atoms with Crippen molar-refractivity contribution in [3.05, 3.63) is 11.6 Å². The third-order valence-electron chi connectivity index (χ3n) is 5.27. The van der Waals surface area contributed by atoms with E-state index in [0.29, 0.717) is 18.8 Å². The van der Waals surface area contributed by atoms with Crippen molar-refractivity contribution in [1.29, 1.82) is 0 Å². The number of piperidine rings is 1. The Bertz CT molecular complexity index is 471. The number of nitrogens with one attached hydrogen (secondary N) is 1. The Morgan fingerprint density at radius 1 is 1.38 bits per heavy atom. The van der Waals surface area contributed by atoms with Crippen molar-refractivity contribution in [2.45, 2.75) is 57.3 Å². The molecule has 0 aromatic rings. The van der Waals surface area contributed by atoms with Crippen LogP contribution in [-0.4, -0.2) is 71.4 Å². The van der Waals surface area contributed by atoms with Crippen molar-refractivity contribution >= 4 is 17.7 Å². The summed E-state index contributed by atoms with van der Waals surface area (Å²) in [4.78, 5) is 14.4. The van der Waals surface area contributed by atoms with Gasteiger partial charge in [0.05, 0.1) is 16.9 Å². The third-order valence-corrected chi connectivity index (χ3v) is 5.82. The van der Waals surface area contributed by atoms with Crippen molar-refractivity contribution in [2.24, 2.45) is 0 Å². The molecular formula is C18H32N2O3S. The molecule has 138 valence electrons. The molecule has 2 fully saturated rings. The molecule has 1 spiro atoms. The summed E-state index contributed by atoms with van der Waals surface area (Å²) in [6, 6.07) is 0. The van der Waals surface area contributed by atoms with E-state index in [0.717, 1.165) is 32.5 Å². The fourth-order valence-electron chi connectivity index (χ4n) is 3.72. The van der Waals surface area contributed by atoms with Gasteiger partial charge in [-0.25, -0.2) is 0 Å². The summed E-state index contributed by atoms with van der Waals surface area (Å²) in [5.74, 6) is 0.411. The maximum absolute atomic E-state index is 12.0. The highest BCUT2D eigenvalue weighted by Gasteiger charge is 2.53. The molecule has 0 radical (unpaired) electrons. The molecule has 24 heavy (non-hydrogen) atoms. The number of amides is 1. The maximum Gasteiger partial charge on any atom is 0.230 e. The lowest BCUT2D eigenvalue weighted by atomic mass is 9.73. The number of likely N-dealkylation sites (tertiary alicyclic amines) is 1. The number of ether oxygens (including phenoxy) is 1. The van der Waals surface area contributed by atoms with E-state index in [1.165, 1.54) is 17.3 Å². The van der Waals surface area contributed by atoms with Crippen LogP contribution in [0.1, 0.15) is 40.0 Å². The first-order valence-corrected chi connectivity index (χ1v) is 10.2. The van der Waals surface area contributed by atoms with Crippen molar-refractivity contribution < 1.29 is 14.6 Å². The molecule has 0 saturated carbocycles. The van der Waals surface area contributed by atoms with Crippen LogP contribution in [0, 0.1) is 0 Å². The molecule has 0 aliphatic carbocycles. The zero-order valence-corrected chi connectivity index (χ0v) is 16.2. The van der Waals surface area contributed by atoms with Crippen LogP contribution < -0.4 is 5.32 Å². The maximum atomic E-state index is 12.0. The van der Waals surface area contributed by atoms with Gasteiger partial charge in [0.2, 0.25) is 5.91 Å². The van der Waals surface area contributed by atoms with Gasteiger partial charge >= 0.3 is 0 Å². The quantitative estimate of drug-likeness (QED) is 0.736. The minimum absolute atomic E-state index is 0.0119. The monoisotopic (exact) mass is 356 g/mol. The second kappa shape index (κ2) is 8.21. The standard InChI is InChI=1S/C18H32N2O3S/c1-14(2)5-9-20-10-6-18(7-11-20)16(22)17(3,8-12-23-18)19-15(21)13-24-4/h5,16,22H,6-13H2,1-4H3,(H,19,21)/t16-,17+/m0/s1. The predicted octanol–water partition coefficient (Wildman–Crippen LogP) is 1.81. The Morgan fingerprint density at radius 2 is 2.04 bits per heavy atom. The summed E-state index contributed by atoms with van der Waals surface area (Å²) in [6.45, 7) is 9.54. The number of nitrogens with zero attached hydrogens (tertiary/aromatic N) is 1. The number of hydrogen-bond acceptors (Lipinski definition) is 5. The zero-order valence-electron chi connectivity index (χ0n) is 15.4. The molecule has 1 amide bonds. The number of thioether (sulfide) groups is 1. The third kappa shape index (κ3) is 4.54. The largest absolute Gasteiger partial charge is 0.388 e. The molecule has 2 rings (SSSR count). The van der Waals surface area contributed by atoms with Crippen molar-refractivity contribution in [1.82, 2.24) is 10.2 Å². The van der Waals surface area contributed by atoms with Crippen LogP contribution in [0.5, 0.6) is 0 Å². The number of allylic oxidation sites excluding steroid dienone is 1. The predicted molar refractivity (Wildman–Crippen MR) is 99.3 cm³/mol. The number of rotatable bonds is 5. The summed E-state index contributed by atoms with van der Waals surface area (Å²) >= 11 is 1.50. The molecule has 2 heterocycles. The van der Waals surface area contributed by atoms with Crippen LogP contribution in [0.25, 0.3) is 0 Å². The Kier molecular flexibility index (Phi) is 6.76. The number of carbonyl (C=O) groups excluding carboxylic acids is 1.